The predicted molar refractivity (Wildman–Crippen MR) is 140 cm³/mol. The first kappa shape index (κ1) is 25.4. The molecule has 2 aromatic carbocycles. The van der Waals surface area contributed by atoms with Gasteiger partial charge in [-0.15, -0.1) is 0 Å². The molecule has 2 aromatic rings. The molecule has 4 rings (SSSR count). The number of unbranched alkanes of at least 4 members (excludes halogenated alkanes) is 6. The monoisotopic (exact) mass is 464 g/mol. The van der Waals surface area contributed by atoms with Gasteiger partial charge in [-0.3, -0.25) is 0 Å². The van der Waals surface area contributed by atoms with Gasteiger partial charge >= 0.3 is 0 Å². The first-order valence-corrected chi connectivity index (χ1v) is 13.8. The Morgan fingerprint density at radius 2 is 1.59 bits per heavy atom. The number of ether oxygens (including phenoxy) is 3. The lowest BCUT2D eigenvalue weighted by Gasteiger charge is -2.36. The molecule has 2 aliphatic rings. The van der Waals surface area contributed by atoms with Crippen LogP contribution in [0, 0.1) is 0 Å². The fourth-order valence-corrected chi connectivity index (χ4v) is 5.68. The lowest BCUT2D eigenvalue weighted by Crippen LogP contribution is -2.32. The van der Waals surface area contributed by atoms with Gasteiger partial charge in [0.2, 0.25) is 0 Å². The van der Waals surface area contributed by atoms with E-state index in [0.717, 1.165) is 52.1 Å². The van der Waals surface area contributed by atoms with Crippen LogP contribution in [0.4, 0.5) is 0 Å². The molecule has 0 radical (unpaired) electrons. The molecule has 1 saturated heterocycles. The van der Waals surface area contributed by atoms with Crippen LogP contribution in [0.5, 0.6) is 0 Å². The van der Waals surface area contributed by atoms with Gasteiger partial charge in [-0.25, -0.2) is 0 Å². The summed E-state index contributed by atoms with van der Waals surface area (Å²) in [6.45, 7) is 7.55. The maximum Gasteiger partial charge on any atom is 0.104 e. The molecule has 1 aliphatic carbocycles. The number of rotatable bonds is 17. The summed E-state index contributed by atoms with van der Waals surface area (Å²) < 4.78 is 18.0. The number of benzene rings is 2. The predicted octanol–water partition coefficient (Wildman–Crippen LogP) is 7.83. The molecule has 0 saturated carbocycles. The fourth-order valence-electron chi connectivity index (χ4n) is 5.68. The molecular formula is C31H44O3. The van der Waals surface area contributed by atoms with Crippen molar-refractivity contribution >= 4 is 0 Å². The second kappa shape index (κ2) is 12.9. The van der Waals surface area contributed by atoms with Gasteiger partial charge in [-0.05, 0) is 60.4 Å². The average molecular weight is 465 g/mol. The van der Waals surface area contributed by atoms with E-state index in [2.05, 4.69) is 56.3 Å². The van der Waals surface area contributed by atoms with Crippen LogP contribution >= 0.6 is 0 Å². The first-order valence-electron chi connectivity index (χ1n) is 13.8. The van der Waals surface area contributed by atoms with Gasteiger partial charge in [-0.2, -0.15) is 0 Å². The van der Waals surface area contributed by atoms with Crippen molar-refractivity contribution < 1.29 is 14.2 Å². The Labute approximate surface area is 207 Å². The second-order valence-electron chi connectivity index (χ2n) is 10.1. The van der Waals surface area contributed by atoms with E-state index in [4.69, 9.17) is 14.2 Å². The van der Waals surface area contributed by atoms with Crippen LogP contribution < -0.4 is 0 Å². The van der Waals surface area contributed by atoms with Crippen LogP contribution in [-0.2, 0) is 26.2 Å². The first-order chi connectivity index (χ1) is 16.8. The van der Waals surface area contributed by atoms with Crippen LogP contribution in [0.1, 0.15) is 94.7 Å². The van der Waals surface area contributed by atoms with E-state index < -0.39 is 0 Å². The topological polar surface area (TPSA) is 31.0 Å². The van der Waals surface area contributed by atoms with Crippen molar-refractivity contribution in [2.75, 3.05) is 26.4 Å². The largest absolute Gasteiger partial charge is 0.379 e. The molecule has 2 atom stereocenters. The summed E-state index contributed by atoms with van der Waals surface area (Å²) in [6, 6.07) is 15.8. The van der Waals surface area contributed by atoms with Gasteiger partial charge < -0.3 is 14.2 Å². The second-order valence-corrected chi connectivity index (χ2v) is 10.1. The lowest BCUT2D eigenvalue weighted by atomic mass is 9.80. The molecule has 2 unspecified atom stereocenters. The normalized spacial score (nSPS) is 17.9. The van der Waals surface area contributed by atoms with Crippen molar-refractivity contribution in [2.24, 2.45) is 0 Å². The Bertz CT molecular complexity index is 888. The van der Waals surface area contributed by atoms with E-state index in [1.54, 1.807) is 0 Å². The minimum absolute atomic E-state index is 0.231. The zero-order valence-electron chi connectivity index (χ0n) is 21.5. The van der Waals surface area contributed by atoms with E-state index in [1.807, 2.05) is 0 Å². The quantitative estimate of drug-likeness (QED) is 0.151. The highest BCUT2D eigenvalue weighted by molar-refractivity contribution is 5.78. The fraction of sp³-hybridized carbons (Fsp3) is 0.613. The zero-order valence-corrected chi connectivity index (χ0v) is 21.5. The Morgan fingerprint density at radius 3 is 2.38 bits per heavy atom. The van der Waals surface area contributed by atoms with Crippen molar-refractivity contribution in [1.29, 1.82) is 0 Å². The molecule has 3 nitrogen and oxygen atoms in total. The highest BCUT2D eigenvalue weighted by Gasteiger charge is 2.36. The summed E-state index contributed by atoms with van der Waals surface area (Å²) in [5, 5.41) is 0. The average Bonchev–Trinajstić information content (AvgIpc) is 3.60. The van der Waals surface area contributed by atoms with Crippen molar-refractivity contribution in [3.05, 3.63) is 59.2 Å². The van der Waals surface area contributed by atoms with Gasteiger partial charge in [0.25, 0.3) is 0 Å². The Hall–Kier alpha value is -1.68. The van der Waals surface area contributed by atoms with Gasteiger partial charge in [-0.1, -0.05) is 94.3 Å². The summed E-state index contributed by atoms with van der Waals surface area (Å²) in [5.41, 5.74) is 6.91. The van der Waals surface area contributed by atoms with Gasteiger partial charge in [0.15, 0.2) is 0 Å². The van der Waals surface area contributed by atoms with E-state index >= 15 is 0 Å². The third-order valence-electron chi connectivity index (χ3n) is 7.52. The van der Waals surface area contributed by atoms with Gasteiger partial charge in [0.1, 0.15) is 6.10 Å². The minimum atomic E-state index is -0.231. The van der Waals surface area contributed by atoms with Crippen LogP contribution in [-0.4, -0.2) is 32.5 Å². The molecule has 1 fully saturated rings. The molecule has 0 N–H and O–H groups in total. The third-order valence-corrected chi connectivity index (χ3v) is 7.52. The highest BCUT2D eigenvalue weighted by atomic mass is 16.6. The van der Waals surface area contributed by atoms with Crippen molar-refractivity contribution in [3.63, 3.8) is 0 Å². The number of hydrogen-bond donors (Lipinski definition) is 0. The Morgan fingerprint density at radius 1 is 0.853 bits per heavy atom. The highest BCUT2D eigenvalue weighted by Crippen LogP contribution is 2.45. The van der Waals surface area contributed by atoms with Crippen LogP contribution in [0.15, 0.2) is 42.5 Å². The molecule has 1 heterocycles. The summed E-state index contributed by atoms with van der Waals surface area (Å²) >= 11 is 0. The van der Waals surface area contributed by atoms with E-state index in [-0.39, 0.29) is 5.60 Å². The zero-order chi connectivity index (χ0) is 23.6. The van der Waals surface area contributed by atoms with Crippen molar-refractivity contribution in [2.45, 2.75) is 96.2 Å². The van der Waals surface area contributed by atoms with E-state index in [0.29, 0.717) is 6.10 Å². The maximum absolute atomic E-state index is 6.74. The molecule has 34 heavy (non-hydrogen) atoms. The van der Waals surface area contributed by atoms with Crippen LogP contribution in [0.2, 0.25) is 0 Å². The smallest absolute Gasteiger partial charge is 0.104 e. The Balaban J connectivity index is 1.50. The molecule has 186 valence electrons. The third kappa shape index (κ3) is 6.50. The molecule has 0 bridgehead atoms. The standard InChI is InChI=1S/C31H44O3/c1-3-5-6-7-8-9-12-19-31(34-4-2,20-14-21-32-23-26-24-33-26)30-18-13-17-28-27-16-11-10-15-25(27)22-29(28)30/h10-11,13,15-18,26H,3-9,12,14,19-24H2,1-2H3. The van der Waals surface area contributed by atoms with Crippen molar-refractivity contribution in [1.82, 2.24) is 0 Å². The summed E-state index contributed by atoms with van der Waals surface area (Å²) in [6.07, 6.45) is 13.7. The molecule has 0 spiro atoms. The van der Waals surface area contributed by atoms with Crippen molar-refractivity contribution in [3.8, 4) is 11.1 Å². The lowest BCUT2D eigenvalue weighted by molar-refractivity contribution is -0.0646. The van der Waals surface area contributed by atoms with E-state index in [1.165, 1.54) is 72.8 Å². The molecule has 0 aromatic heterocycles. The number of epoxide rings is 1. The van der Waals surface area contributed by atoms with Gasteiger partial charge in [0.05, 0.1) is 18.8 Å². The minimum Gasteiger partial charge on any atom is -0.379 e. The Kier molecular flexibility index (Phi) is 9.61. The summed E-state index contributed by atoms with van der Waals surface area (Å²) in [7, 11) is 0. The van der Waals surface area contributed by atoms with Crippen LogP contribution in [0.25, 0.3) is 11.1 Å². The van der Waals surface area contributed by atoms with E-state index in [9.17, 15) is 0 Å². The molecular weight excluding hydrogens is 420 g/mol. The maximum atomic E-state index is 6.74. The van der Waals surface area contributed by atoms with Gasteiger partial charge in [0, 0.05) is 13.2 Å². The molecule has 1 aliphatic heterocycles. The van der Waals surface area contributed by atoms with Crippen LogP contribution in [0.3, 0.4) is 0 Å². The molecule has 0 amide bonds. The SMILES string of the molecule is CCCCCCCCCC(CCCOCC1CO1)(OCC)c1cccc2c1Cc1ccccc1-2. The summed E-state index contributed by atoms with van der Waals surface area (Å²) in [4.78, 5) is 0. The molecule has 3 heteroatoms. The number of hydrogen-bond acceptors (Lipinski definition) is 3. The number of fused-ring (bicyclic) bond motifs is 3. The summed E-state index contributed by atoms with van der Waals surface area (Å²) in [5.74, 6) is 0.